The van der Waals surface area contributed by atoms with E-state index in [1.165, 1.54) is 0 Å². The van der Waals surface area contributed by atoms with Gasteiger partial charge in [-0.15, -0.1) is 0 Å². The van der Waals surface area contributed by atoms with E-state index in [-0.39, 0.29) is 18.0 Å². The molecule has 154 valence electrons. The standard InChI is InChI=1S/C24H22BrClN2O2/c1-2-30-22-5-3-4-19(23(22)29)21-14-20(15-8-12-18(26)13-9-15)27-24(28-21)16-6-10-17(25)11-7-16/h3-14,21,24,27-29H,2H2,1H3/p+1. The van der Waals surface area contributed by atoms with E-state index < -0.39 is 0 Å². The van der Waals surface area contributed by atoms with E-state index in [1.54, 1.807) is 6.07 Å². The summed E-state index contributed by atoms with van der Waals surface area (Å²) in [6, 6.07) is 21.6. The van der Waals surface area contributed by atoms with Crippen LogP contribution < -0.4 is 15.4 Å². The van der Waals surface area contributed by atoms with Gasteiger partial charge in [0.2, 0.25) is 0 Å². The van der Waals surface area contributed by atoms with Crippen molar-refractivity contribution in [3.05, 3.63) is 99.0 Å². The zero-order valence-corrected chi connectivity index (χ0v) is 18.8. The predicted octanol–water partition coefficient (Wildman–Crippen LogP) is 5.15. The lowest BCUT2D eigenvalue weighted by atomic mass is 9.97. The highest BCUT2D eigenvalue weighted by Crippen LogP contribution is 2.35. The number of phenols is 1. The van der Waals surface area contributed by atoms with Gasteiger partial charge in [-0.05, 0) is 61.0 Å². The van der Waals surface area contributed by atoms with E-state index in [0.717, 1.165) is 26.9 Å². The quantitative estimate of drug-likeness (QED) is 0.467. The first-order valence-corrected chi connectivity index (χ1v) is 11.0. The summed E-state index contributed by atoms with van der Waals surface area (Å²) in [5.41, 5.74) is 3.99. The molecule has 0 aromatic heterocycles. The third-order valence-corrected chi connectivity index (χ3v) is 5.91. The average molecular weight is 487 g/mol. The lowest BCUT2D eigenvalue weighted by Crippen LogP contribution is -2.89. The summed E-state index contributed by atoms with van der Waals surface area (Å²) in [7, 11) is 0. The Hall–Kier alpha value is -2.47. The molecule has 3 aromatic rings. The fourth-order valence-corrected chi connectivity index (χ4v) is 4.04. The number of quaternary nitrogens is 1. The van der Waals surface area contributed by atoms with Gasteiger partial charge in [0.25, 0.3) is 0 Å². The van der Waals surface area contributed by atoms with Gasteiger partial charge in [0.05, 0.1) is 12.2 Å². The Labute approximate surface area is 189 Å². The van der Waals surface area contributed by atoms with E-state index in [4.69, 9.17) is 16.3 Å². The number of aromatic hydroxyl groups is 1. The highest BCUT2D eigenvalue weighted by atomic mass is 79.9. The van der Waals surface area contributed by atoms with Gasteiger partial charge < -0.3 is 20.5 Å². The van der Waals surface area contributed by atoms with Crippen LogP contribution in [0, 0.1) is 0 Å². The maximum absolute atomic E-state index is 10.8. The number of hydrogen-bond acceptors (Lipinski definition) is 3. The molecule has 1 aliphatic rings. The summed E-state index contributed by atoms with van der Waals surface area (Å²) in [4.78, 5) is 0. The molecule has 0 amide bonds. The second kappa shape index (κ2) is 9.13. The maximum Gasteiger partial charge on any atom is 0.186 e. The first kappa shape index (κ1) is 20.8. The molecule has 0 bridgehead atoms. The van der Waals surface area contributed by atoms with Crippen LogP contribution in [0.4, 0.5) is 0 Å². The second-order valence-electron chi connectivity index (χ2n) is 7.11. The minimum Gasteiger partial charge on any atom is -0.504 e. The van der Waals surface area contributed by atoms with Gasteiger partial charge in [-0.3, -0.25) is 0 Å². The van der Waals surface area contributed by atoms with Crippen molar-refractivity contribution in [2.24, 2.45) is 0 Å². The summed E-state index contributed by atoms with van der Waals surface area (Å²) in [6.45, 7) is 2.41. The molecule has 1 heterocycles. The monoisotopic (exact) mass is 485 g/mol. The Morgan fingerprint density at radius 1 is 1.07 bits per heavy atom. The lowest BCUT2D eigenvalue weighted by molar-refractivity contribution is -0.731. The maximum atomic E-state index is 10.8. The first-order valence-electron chi connectivity index (χ1n) is 9.84. The molecule has 0 spiro atoms. The number of nitrogens with one attached hydrogen (secondary N) is 1. The number of hydrogen-bond donors (Lipinski definition) is 3. The molecule has 4 rings (SSSR count). The minimum absolute atomic E-state index is 0.0195. The number of phenolic OH excluding ortho intramolecular Hbond substituents is 1. The molecule has 2 atom stereocenters. The molecule has 0 saturated heterocycles. The molecule has 0 radical (unpaired) electrons. The van der Waals surface area contributed by atoms with Crippen LogP contribution in [0.15, 0.2) is 77.3 Å². The smallest absolute Gasteiger partial charge is 0.186 e. The highest BCUT2D eigenvalue weighted by Gasteiger charge is 2.30. The van der Waals surface area contributed by atoms with Gasteiger partial charge >= 0.3 is 0 Å². The summed E-state index contributed by atoms with van der Waals surface area (Å²) >= 11 is 9.59. The van der Waals surface area contributed by atoms with E-state index in [9.17, 15) is 5.11 Å². The number of para-hydroxylation sites is 1. The number of benzene rings is 3. The van der Waals surface area contributed by atoms with Gasteiger partial charge in [0.15, 0.2) is 17.7 Å². The van der Waals surface area contributed by atoms with Crippen molar-refractivity contribution >= 4 is 33.2 Å². The van der Waals surface area contributed by atoms with E-state index in [1.807, 2.05) is 55.5 Å². The van der Waals surface area contributed by atoms with Gasteiger partial charge in [-0.1, -0.05) is 45.7 Å². The van der Waals surface area contributed by atoms with Crippen LogP contribution in [0.2, 0.25) is 5.02 Å². The number of halogens is 2. The van der Waals surface area contributed by atoms with Crippen LogP contribution in [-0.2, 0) is 0 Å². The number of nitrogens with two attached hydrogens (primary N) is 1. The van der Waals surface area contributed by atoms with Crippen LogP contribution in [0.3, 0.4) is 0 Å². The fourth-order valence-electron chi connectivity index (χ4n) is 3.65. The molecule has 3 aromatic carbocycles. The summed E-state index contributed by atoms with van der Waals surface area (Å²) in [5.74, 6) is 0.687. The van der Waals surface area contributed by atoms with Crippen molar-refractivity contribution in [2.45, 2.75) is 19.1 Å². The zero-order chi connectivity index (χ0) is 21.1. The molecular weight excluding hydrogens is 464 g/mol. The van der Waals surface area contributed by atoms with Crippen molar-refractivity contribution in [2.75, 3.05) is 6.61 Å². The third-order valence-electron chi connectivity index (χ3n) is 5.13. The Kier molecular flexibility index (Phi) is 6.32. The Balaban J connectivity index is 1.75. The molecule has 4 N–H and O–H groups in total. The molecule has 4 nitrogen and oxygen atoms in total. The highest BCUT2D eigenvalue weighted by molar-refractivity contribution is 9.10. The van der Waals surface area contributed by atoms with Crippen molar-refractivity contribution in [1.82, 2.24) is 5.32 Å². The Bertz CT molecular complexity index is 1050. The van der Waals surface area contributed by atoms with Gasteiger partial charge in [-0.2, -0.15) is 0 Å². The van der Waals surface area contributed by atoms with Crippen LogP contribution in [0.5, 0.6) is 11.5 Å². The number of ether oxygens (including phenoxy) is 1. The third kappa shape index (κ3) is 4.48. The normalized spacial score (nSPS) is 18.4. The van der Waals surface area contributed by atoms with Crippen LogP contribution in [-0.4, -0.2) is 11.7 Å². The molecule has 30 heavy (non-hydrogen) atoms. The molecule has 0 aliphatic carbocycles. The van der Waals surface area contributed by atoms with Gasteiger partial charge in [0.1, 0.15) is 6.04 Å². The van der Waals surface area contributed by atoms with E-state index in [0.29, 0.717) is 17.4 Å². The topological polar surface area (TPSA) is 58.1 Å². The van der Waals surface area contributed by atoms with Crippen LogP contribution in [0.25, 0.3) is 5.70 Å². The fraction of sp³-hybridized carbons (Fsp3) is 0.167. The largest absolute Gasteiger partial charge is 0.504 e. The minimum atomic E-state index is -0.0917. The summed E-state index contributed by atoms with van der Waals surface area (Å²) in [5, 5.41) is 17.4. The van der Waals surface area contributed by atoms with Crippen molar-refractivity contribution in [3.8, 4) is 11.5 Å². The molecule has 0 fully saturated rings. The van der Waals surface area contributed by atoms with E-state index >= 15 is 0 Å². The molecular formula is C24H23BrClN2O2+. The SMILES string of the molecule is CCOc1cccc(C2C=C(c3ccc(Cl)cc3)NC(c3ccc(Br)cc3)[NH2+]2)c1O. The first-order chi connectivity index (χ1) is 14.5. The predicted molar refractivity (Wildman–Crippen MR) is 123 cm³/mol. The van der Waals surface area contributed by atoms with Crippen molar-refractivity contribution < 1.29 is 15.2 Å². The molecule has 2 unspecified atom stereocenters. The Morgan fingerprint density at radius 3 is 2.50 bits per heavy atom. The number of rotatable bonds is 5. The van der Waals surface area contributed by atoms with Crippen molar-refractivity contribution in [3.63, 3.8) is 0 Å². The Morgan fingerprint density at radius 2 is 1.80 bits per heavy atom. The second-order valence-corrected chi connectivity index (χ2v) is 8.46. The van der Waals surface area contributed by atoms with Crippen LogP contribution >= 0.6 is 27.5 Å². The van der Waals surface area contributed by atoms with Gasteiger partial charge in [-0.25, -0.2) is 0 Å². The lowest BCUT2D eigenvalue weighted by Gasteiger charge is -2.30. The average Bonchev–Trinajstić information content (AvgIpc) is 2.76. The molecule has 6 heteroatoms. The van der Waals surface area contributed by atoms with Crippen LogP contribution in [0.1, 0.15) is 35.8 Å². The summed E-state index contributed by atoms with van der Waals surface area (Å²) in [6.07, 6.45) is 2.11. The summed E-state index contributed by atoms with van der Waals surface area (Å²) < 4.78 is 6.63. The van der Waals surface area contributed by atoms with Crippen molar-refractivity contribution in [1.29, 1.82) is 0 Å². The van der Waals surface area contributed by atoms with Gasteiger partial charge in [0, 0.05) is 26.8 Å². The zero-order valence-electron chi connectivity index (χ0n) is 16.5. The van der Waals surface area contributed by atoms with E-state index in [2.05, 4.69) is 44.8 Å². The molecule has 0 saturated carbocycles. The molecule has 1 aliphatic heterocycles.